The summed E-state index contributed by atoms with van der Waals surface area (Å²) in [6.07, 6.45) is 0.810. The van der Waals surface area contributed by atoms with Gasteiger partial charge in [0, 0.05) is 12.1 Å². The number of aryl methyl sites for hydroxylation is 2. The van der Waals surface area contributed by atoms with E-state index >= 15 is 0 Å². The Kier molecular flexibility index (Phi) is 7.32. The summed E-state index contributed by atoms with van der Waals surface area (Å²) in [6, 6.07) is 21.1. The highest BCUT2D eigenvalue weighted by atomic mass is 16.5. The van der Waals surface area contributed by atoms with Gasteiger partial charge < -0.3 is 24.1 Å². The Morgan fingerprint density at radius 2 is 1.79 bits per heavy atom. The van der Waals surface area contributed by atoms with Crippen molar-refractivity contribution in [3.05, 3.63) is 83.7 Å². The second-order valence-corrected chi connectivity index (χ2v) is 7.94. The van der Waals surface area contributed by atoms with Crippen molar-refractivity contribution in [3.8, 4) is 17.2 Å². The van der Waals surface area contributed by atoms with Crippen LogP contribution in [0.4, 0.5) is 0 Å². The first-order valence-corrected chi connectivity index (χ1v) is 11.2. The molecule has 176 valence electrons. The Bertz CT molecular complexity index is 1280. The quantitative estimate of drug-likeness (QED) is 0.346. The summed E-state index contributed by atoms with van der Waals surface area (Å²) in [5.74, 6) is 2.55. The zero-order valence-electron chi connectivity index (χ0n) is 19.7. The van der Waals surface area contributed by atoms with Crippen LogP contribution in [0.1, 0.15) is 28.2 Å². The molecule has 34 heavy (non-hydrogen) atoms. The monoisotopic (exact) mass is 459 g/mol. The zero-order chi connectivity index (χ0) is 23.9. The van der Waals surface area contributed by atoms with Gasteiger partial charge in [0.15, 0.2) is 11.5 Å². The molecule has 0 unspecified atom stereocenters. The Morgan fingerprint density at radius 1 is 0.971 bits per heavy atom. The number of hydrogen-bond acceptors (Lipinski definition) is 5. The molecule has 0 aliphatic carbocycles. The molecular weight excluding hydrogens is 430 g/mol. The van der Waals surface area contributed by atoms with Crippen LogP contribution in [0.3, 0.4) is 0 Å². The van der Waals surface area contributed by atoms with Crippen molar-refractivity contribution in [2.75, 3.05) is 20.8 Å². The summed E-state index contributed by atoms with van der Waals surface area (Å²) in [7, 11) is 3.11. The molecule has 0 fully saturated rings. The number of hydrogen-bond donors (Lipinski definition) is 1. The summed E-state index contributed by atoms with van der Waals surface area (Å²) in [5, 5.41) is 2.98. The van der Waals surface area contributed by atoms with Crippen LogP contribution in [-0.4, -0.2) is 36.3 Å². The average molecular weight is 460 g/mol. The lowest BCUT2D eigenvalue weighted by Gasteiger charge is -2.12. The van der Waals surface area contributed by atoms with E-state index in [4.69, 9.17) is 19.2 Å². The highest BCUT2D eigenvalue weighted by Crippen LogP contribution is 2.27. The number of amides is 1. The maximum atomic E-state index is 12.8. The Labute approximate surface area is 199 Å². The average Bonchev–Trinajstić information content (AvgIpc) is 3.22. The van der Waals surface area contributed by atoms with Crippen molar-refractivity contribution in [2.45, 2.75) is 26.4 Å². The van der Waals surface area contributed by atoms with E-state index in [2.05, 4.69) is 9.88 Å². The summed E-state index contributed by atoms with van der Waals surface area (Å²) in [4.78, 5) is 17.5. The smallest absolute Gasteiger partial charge is 0.251 e. The van der Waals surface area contributed by atoms with Gasteiger partial charge in [-0.05, 0) is 61.4 Å². The lowest BCUT2D eigenvalue weighted by Crippen LogP contribution is -2.25. The van der Waals surface area contributed by atoms with Gasteiger partial charge in [-0.2, -0.15) is 0 Å². The number of nitrogens with one attached hydrogen (secondary N) is 1. The van der Waals surface area contributed by atoms with Crippen LogP contribution in [0.25, 0.3) is 11.0 Å². The third kappa shape index (κ3) is 5.31. The number of methoxy groups -OCH3 is 2. The number of carbonyl (C=O) groups excluding carboxylic acids is 1. The Morgan fingerprint density at radius 3 is 2.59 bits per heavy atom. The first kappa shape index (κ1) is 23.2. The lowest BCUT2D eigenvalue weighted by molar-refractivity contribution is 0.0949. The SMILES string of the molecule is COc1ccc(C(=O)NCc2nc3ccccc3n2CCCOc2cccc(C)c2)cc1OC. The largest absolute Gasteiger partial charge is 0.494 e. The topological polar surface area (TPSA) is 74.6 Å². The maximum absolute atomic E-state index is 12.8. The highest BCUT2D eigenvalue weighted by Gasteiger charge is 2.14. The fourth-order valence-electron chi connectivity index (χ4n) is 3.87. The predicted octanol–water partition coefficient (Wildman–Crippen LogP) is 4.76. The molecule has 7 nitrogen and oxygen atoms in total. The fraction of sp³-hybridized carbons (Fsp3) is 0.259. The fourth-order valence-corrected chi connectivity index (χ4v) is 3.87. The molecule has 1 amide bonds. The number of rotatable bonds is 10. The second kappa shape index (κ2) is 10.7. The van der Waals surface area contributed by atoms with Crippen molar-refractivity contribution in [1.29, 1.82) is 0 Å². The van der Waals surface area contributed by atoms with Gasteiger partial charge in [0.2, 0.25) is 0 Å². The van der Waals surface area contributed by atoms with Crippen LogP contribution < -0.4 is 19.5 Å². The molecule has 4 aromatic rings. The number of aromatic nitrogens is 2. The summed E-state index contributed by atoms with van der Waals surface area (Å²) >= 11 is 0. The number of ether oxygens (including phenoxy) is 3. The van der Waals surface area contributed by atoms with Gasteiger partial charge in [-0.1, -0.05) is 24.3 Å². The number of benzene rings is 3. The lowest BCUT2D eigenvalue weighted by atomic mass is 10.2. The van der Waals surface area contributed by atoms with Gasteiger partial charge in [-0.15, -0.1) is 0 Å². The van der Waals surface area contributed by atoms with E-state index in [9.17, 15) is 4.79 Å². The van der Waals surface area contributed by atoms with Crippen LogP contribution in [0.2, 0.25) is 0 Å². The van der Waals surface area contributed by atoms with Crippen molar-refractivity contribution >= 4 is 16.9 Å². The minimum atomic E-state index is -0.206. The molecular formula is C27H29N3O4. The van der Waals surface area contributed by atoms with Crippen LogP contribution >= 0.6 is 0 Å². The van der Waals surface area contributed by atoms with Gasteiger partial charge in [-0.3, -0.25) is 4.79 Å². The molecule has 4 rings (SSSR count). The number of carbonyl (C=O) groups is 1. The normalized spacial score (nSPS) is 10.8. The van der Waals surface area contributed by atoms with Gasteiger partial charge in [-0.25, -0.2) is 4.98 Å². The molecule has 0 atom stereocenters. The highest BCUT2D eigenvalue weighted by molar-refractivity contribution is 5.94. The standard InChI is InChI=1S/C27H29N3O4/c1-19-8-6-9-21(16-19)34-15-7-14-30-23-11-5-4-10-22(23)29-26(30)18-28-27(31)20-12-13-24(32-2)25(17-20)33-3/h4-6,8-13,16-17H,7,14-15,18H2,1-3H3,(H,28,31). The van der Waals surface area contributed by atoms with Crippen molar-refractivity contribution in [3.63, 3.8) is 0 Å². The van der Waals surface area contributed by atoms with Gasteiger partial charge in [0.1, 0.15) is 11.6 Å². The summed E-state index contributed by atoms with van der Waals surface area (Å²) in [5.41, 5.74) is 3.60. The minimum Gasteiger partial charge on any atom is -0.494 e. The van der Waals surface area contributed by atoms with Crippen molar-refractivity contribution < 1.29 is 19.0 Å². The number of imidazole rings is 1. The minimum absolute atomic E-state index is 0.206. The third-order valence-electron chi connectivity index (χ3n) is 5.57. The number of nitrogens with zero attached hydrogens (tertiary/aromatic N) is 2. The van der Waals surface area contributed by atoms with E-state index < -0.39 is 0 Å². The van der Waals surface area contributed by atoms with Crippen LogP contribution in [-0.2, 0) is 13.1 Å². The molecule has 0 aliphatic rings. The molecule has 0 bridgehead atoms. The zero-order valence-corrected chi connectivity index (χ0v) is 19.7. The van der Waals surface area contributed by atoms with E-state index in [1.165, 1.54) is 5.56 Å². The molecule has 7 heteroatoms. The predicted molar refractivity (Wildman–Crippen MR) is 132 cm³/mol. The van der Waals surface area contributed by atoms with Crippen molar-refractivity contribution in [2.24, 2.45) is 0 Å². The van der Waals surface area contributed by atoms with E-state index in [1.807, 2.05) is 55.5 Å². The molecule has 0 saturated heterocycles. The molecule has 3 aromatic carbocycles. The van der Waals surface area contributed by atoms with E-state index in [-0.39, 0.29) is 5.91 Å². The first-order chi connectivity index (χ1) is 16.6. The Hall–Kier alpha value is -4.00. The van der Waals surface area contributed by atoms with Gasteiger partial charge in [0.25, 0.3) is 5.91 Å². The molecule has 1 aromatic heterocycles. The van der Waals surface area contributed by atoms with E-state index in [1.54, 1.807) is 32.4 Å². The molecule has 0 spiro atoms. The molecule has 0 saturated carbocycles. The van der Waals surface area contributed by atoms with Crippen molar-refractivity contribution in [1.82, 2.24) is 14.9 Å². The molecule has 0 aliphatic heterocycles. The number of fused-ring (bicyclic) bond motifs is 1. The van der Waals surface area contributed by atoms with E-state index in [0.29, 0.717) is 30.2 Å². The third-order valence-corrected chi connectivity index (χ3v) is 5.57. The second-order valence-electron chi connectivity index (χ2n) is 7.94. The summed E-state index contributed by atoms with van der Waals surface area (Å²) in [6.45, 7) is 3.68. The molecule has 0 radical (unpaired) electrons. The number of para-hydroxylation sites is 2. The summed E-state index contributed by atoms with van der Waals surface area (Å²) < 4.78 is 18.6. The Balaban J connectivity index is 1.44. The van der Waals surface area contributed by atoms with E-state index in [0.717, 1.165) is 35.6 Å². The van der Waals surface area contributed by atoms with Gasteiger partial charge >= 0.3 is 0 Å². The van der Waals surface area contributed by atoms with Crippen LogP contribution in [0.15, 0.2) is 66.7 Å². The van der Waals surface area contributed by atoms with Gasteiger partial charge in [0.05, 0.1) is 38.4 Å². The van der Waals surface area contributed by atoms with Crippen LogP contribution in [0, 0.1) is 6.92 Å². The molecule has 1 N–H and O–H groups in total. The first-order valence-electron chi connectivity index (χ1n) is 11.2. The molecule has 1 heterocycles. The maximum Gasteiger partial charge on any atom is 0.251 e. The van der Waals surface area contributed by atoms with Crippen LogP contribution in [0.5, 0.6) is 17.2 Å².